The van der Waals surface area contributed by atoms with E-state index in [0.29, 0.717) is 11.1 Å². The van der Waals surface area contributed by atoms with Gasteiger partial charge in [-0.25, -0.2) is 0 Å². The molecule has 0 N–H and O–H groups in total. The normalized spacial score (nSPS) is 11.6. The van der Waals surface area contributed by atoms with Gasteiger partial charge in [-0.15, -0.1) is 0 Å². The molecule has 0 aliphatic rings. The molecule has 0 saturated heterocycles. The molecule has 2 aromatic heterocycles. The smallest absolute Gasteiger partial charge is 0.150 e. The van der Waals surface area contributed by atoms with Crippen LogP contribution in [-0.2, 0) is 0 Å². The van der Waals surface area contributed by atoms with E-state index in [-0.39, 0.29) is 0 Å². The summed E-state index contributed by atoms with van der Waals surface area (Å²) in [5.74, 6) is 0. The zero-order valence-corrected chi connectivity index (χ0v) is 21.1. The summed E-state index contributed by atoms with van der Waals surface area (Å²) < 4.78 is 4.52. The van der Waals surface area contributed by atoms with Gasteiger partial charge in [0.1, 0.15) is 12.6 Å². The van der Waals surface area contributed by atoms with Crippen LogP contribution in [0.2, 0.25) is 0 Å². The lowest BCUT2D eigenvalue weighted by Crippen LogP contribution is -1.95. The Hall–Kier alpha value is -4.96. The van der Waals surface area contributed by atoms with Crippen molar-refractivity contribution in [3.63, 3.8) is 0 Å². The summed E-state index contributed by atoms with van der Waals surface area (Å²) in [5, 5.41) is 4.20. The van der Waals surface area contributed by atoms with Gasteiger partial charge in [-0.3, -0.25) is 9.59 Å². The molecule has 0 atom stereocenters. The van der Waals surface area contributed by atoms with Gasteiger partial charge >= 0.3 is 0 Å². The Bertz CT molecular complexity index is 1910. The summed E-state index contributed by atoms with van der Waals surface area (Å²) in [6, 6.07) is 33.2. The number of aromatic nitrogens is 2. The van der Waals surface area contributed by atoms with E-state index in [1.807, 2.05) is 36.4 Å². The zero-order valence-electron chi connectivity index (χ0n) is 21.1. The lowest BCUT2D eigenvalue weighted by Gasteiger charge is -2.10. The monoisotopic (exact) mass is 492 g/mol. The van der Waals surface area contributed by atoms with Crippen LogP contribution in [0.25, 0.3) is 55.0 Å². The van der Waals surface area contributed by atoms with Gasteiger partial charge in [0.2, 0.25) is 0 Å². The Labute approximate surface area is 219 Å². The average Bonchev–Trinajstić information content (AvgIpc) is 3.44. The number of hydrogen-bond donors (Lipinski definition) is 0. The van der Waals surface area contributed by atoms with Crippen LogP contribution in [0.4, 0.5) is 0 Å². The Morgan fingerprint density at radius 3 is 1.18 bits per heavy atom. The molecule has 0 amide bonds. The zero-order chi connectivity index (χ0) is 26.0. The van der Waals surface area contributed by atoms with Crippen molar-refractivity contribution in [1.82, 2.24) is 9.13 Å². The highest BCUT2D eigenvalue weighted by Gasteiger charge is 2.19. The van der Waals surface area contributed by atoms with Crippen LogP contribution in [0, 0.1) is 13.8 Å². The molecule has 0 aliphatic heterocycles. The van der Waals surface area contributed by atoms with Gasteiger partial charge < -0.3 is 9.13 Å². The van der Waals surface area contributed by atoms with Gasteiger partial charge in [-0.2, -0.15) is 0 Å². The number of carbonyl (C=O) groups is 2. The molecule has 7 aromatic rings. The fourth-order valence-corrected chi connectivity index (χ4v) is 5.66. The SMILES string of the molecule is Cc1ccc(-n2c3ccc(C=O)cc3c3cc4c(cc32)c2cc(C=O)ccc2n4-c2ccc(C)cc2)cc1. The van der Waals surface area contributed by atoms with Gasteiger partial charge in [0.25, 0.3) is 0 Å². The van der Waals surface area contributed by atoms with Crippen LogP contribution >= 0.6 is 0 Å². The molecule has 0 spiro atoms. The number of nitrogens with zero attached hydrogens (tertiary/aromatic N) is 2. The highest BCUT2D eigenvalue weighted by atomic mass is 16.1. The standard InChI is InChI=1S/C34H24N2O2/c1-21-3-9-25(10-4-21)35-31-13-7-23(19-37)15-27(31)29-18-34-30(17-33(29)35)28-16-24(20-38)8-14-32(28)36(34)26-11-5-22(2)6-12-26/h3-20H,1-2H3. The summed E-state index contributed by atoms with van der Waals surface area (Å²) in [6.07, 6.45) is 1.80. The quantitative estimate of drug-likeness (QED) is 0.233. The van der Waals surface area contributed by atoms with E-state index in [4.69, 9.17) is 0 Å². The minimum absolute atomic E-state index is 0.648. The largest absolute Gasteiger partial charge is 0.309 e. The van der Waals surface area contributed by atoms with Gasteiger partial charge in [-0.1, -0.05) is 35.4 Å². The van der Waals surface area contributed by atoms with E-state index in [2.05, 4.69) is 83.6 Å². The van der Waals surface area contributed by atoms with E-state index in [0.717, 1.165) is 67.6 Å². The van der Waals surface area contributed by atoms with Gasteiger partial charge in [0.15, 0.2) is 0 Å². The van der Waals surface area contributed by atoms with E-state index in [1.165, 1.54) is 11.1 Å². The molecule has 182 valence electrons. The molecular weight excluding hydrogens is 468 g/mol. The molecule has 4 heteroatoms. The summed E-state index contributed by atoms with van der Waals surface area (Å²) in [6.45, 7) is 4.17. The number of carbonyl (C=O) groups excluding carboxylic acids is 2. The van der Waals surface area contributed by atoms with E-state index in [1.54, 1.807) is 0 Å². The molecule has 0 aliphatic carbocycles. The number of aldehydes is 2. The minimum Gasteiger partial charge on any atom is -0.309 e. The fourth-order valence-electron chi connectivity index (χ4n) is 5.66. The predicted molar refractivity (Wildman–Crippen MR) is 155 cm³/mol. The van der Waals surface area contributed by atoms with Gasteiger partial charge in [0, 0.05) is 44.0 Å². The second kappa shape index (κ2) is 8.29. The first-order valence-electron chi connectivity index (χ1n) is 12.7. The van der Waals surface area contributed by atoms with Crippen molar-refractivity contribution in [1.29, 1.82) is 0 Å². The number of benzene rings is 5. The van der Waals surface area contributed by atoms with Crippen molar-refractivity contribution in [3.05, 3.63) is 119 Å². The van der Waals surface area contributed by atoms with E-state index in [9.17, 15) is 9.59 Å². The van der Waals surface area contributed by atoms with Crippen LogP contribution in [0.5, 0.6) is 0 Å². The third kappa shape index (κ3) is 3.24. The molecule has 0 bridgehead atoms. The molecule has 4 nitrogen and oxygen atoms in total. The number of hydrogen-bond acceptors (Lipinski definition) is 2. The van der Waals surface area contributed by atoms with Crippen molar-refractivity contribution in [2.45, 2.75) is 13.8 Å². The Kier molecular flexibility index (Phi) is 4.85. The topological polar surface area (TPSA) is 44.0 Å². The van der Waals surface area contributed by atoms with Crippen LogP contribution in [-0.4, -0.2) is 21.7 Å². The second-order valence-electron chi connectivity index (χ2n) is 10.0. The molecule has 5 aromatic carbocycles. The third-order valence-corrected chi connectivity index (χ3v) is 7.56. The molecule has 2 heterocycles. The molecule has 38 heavy (non-hydrogen) atoms. The Morgan fingerprint density at radius 2 is 0.816 bits per heavy atom. The average molecular weight is 493 g/mol. The molecule has 7 rings (SSSR count). The second-order valence-corrected chi connectivity index (χ2v) is 10.0. The van der Waals surface area contributed by atoms with Crippen molar-refractivity contribution in [2.75, 3.05) is 0 Å². The van der Waals surface area contributed by atoms with Gasteiger partial charge in [-0.05, 0) is 86.6 Å². The van der Waals surface area contributed by atoms with Crippen LogP contribution in [0.15, 0.2) is 97.1 Å². The molecule has 0 fully saturated rings. The van der Waals surface area contributed by atoms with E-state index < -0.39 is 0 Å². The molecule has 0 radical (unpaired) electrons. The lowest BCUT2D eigenvalue weighted by atomic mass is 10.1. The van der Waals surface area contributed by atoms with Crippen LogP contribution in [0.3, 0.4) is 0 Å². The summed E-state index contributed by atoms with van der Waals surface area (Å²) >= 11 is 0. The highest BCUT2D eigenvalue weighted by Crippen LogP contribution is 2.40. The Balaban J connectivity index is 1.68. The van der Waals surface area contributed by atoms with Crippen molar-refractivity contribution in [3.8, 4) is 11.4 Å². The maximum absolute atomic E-state index is 11.7. The van der Waals surface area contributed by atoms with Crippen molar-refractivity contribution >= 4 is 56.2 Å². The predicted octanol–water partition coefficient (Wildman–Crippen LogP) is 8.12. The Morgan fingerprint density at radius 1 is 0.447 bits per heavy atom. The first kappa shape index (κ1) is 22.3. The van der Waals surface area contributed by atoms with Crippen molar-refractivity contribution in [2.24, 2.45) is 0 Å². The van der Waals surface area contributed by atoms with Crippen LogP contribution in [0.1, 0.15) is 31.8 Å². The maximum Gasteiger partial charge on any atom is 0.150 e. The van der Waals surface area contributed by atoms with Crippen LogP contribution < -0.4 is 0 Å². The van der Waals surface area contributed by atoms with Crippen molar-refractivity contribution < 1.29 is 9.59 Å². The molecule has 0 unspecified atom stereocenters. The number of aryl methyl sites for hydroxylation is 2. The fraction of sp³-hybridized carbons (Fsp3) is 0.0588. The summed E-state index contributed by atoms with van der Waals surface area (Å²) in [5.41, 5.74) is 10.0. The summed E-state index contributed by atoms with van der Waals surface area (Å²) in [4.78, 5) is 23.4. The third-order valence-electron chi connectivity index (χ3n) is 7.56. The molecular formula is C34H24N2O2. The number of rotatable bonds is 4. The minimum atomic E-state index is 0.648. The van der Waals surface area contributed by atoms with E-state index >= 15 is 0 Å². The first-order chi connectivity index (χ1) is 18.6. The molecule has 0 saturated carbocycles. The summed E-state index contributed by atoms with van der Waals surface area (Å²) in [7, 11) is 0. The van der Waals surface area contributed by atoms with Gasteiger partial charge in [0.05, 0.1) is 22.1 Å². The first-order valence-corrected chi connectivity index (χ1v) is 12.7. The lowest BCUT2D eigenvalue weighted by molar-refractivity contribution is 0.111. The number of fused-ring (bicyclic) bond motifs is 6. The highest BCUT2D eigenvalue weighted by molar-refractivity contribution is 6.19. The maximum atomic E-state index is 11.7.